The van der Waals surface area contributed by atoms with Crippen LogP contribution in [0.3, 0.4) is 0 Å². The molecule has 0 radical (unpaired) electrons. The first kappa shape index (κ1) is 22.8. The Bertz CT molecular complexity index is 874. The summed E-state index contributed by atoms with van der Waals surface area (Å²) < 4.78 is 23.0. The summed E-state index contributed by atoms with van der Waals surface area (Å²) in [5.41, 5.74) is -4.87. The molecule has 4 rings (SSSR count). The second kappa shape index (κ2) is 6.80. The van der Waals surface area contributed by atoms with Gasteiger partial charge in [0.25, 0.3) is 0 Å². The Kier molecular flexibility index (Phi) is 4.99. The van der Waals surface area contributed by atoms with Crippen LogP contribution in [0.15, 0.2) is 23.8 Å². The average Bonchev–Trinajstić information content (AvgIpc) is 2.94. The van der Waals surface area contributed by atoms with Gasteiger partial charge in [-0.3, -0.25) is 9.59 Å². The minimum absolute atomic E-state index is 0.0445. The van der Waals surface area contributed by atoms with Crippen LogP contribution in [0.4, 0.5) is 4.39 Å². The van der Waals surface area contributed by atoms with Crippen molar-refractivity contribution in [1.29, 1.82) is 0 Å². The molecule has 4 aliphatic carbocycles. The van der Waals surface area contributed by atoms with Crippen molar-refractivity contribution in [3.05, 3.63) is 23.8 Å². The van der Waals surface area contributed by atoms with Gasteiger partial charge < -0.3 is 20.1 Å². The van der Waals surface area contributed by atoms with Crippen molar-refractivity contribution in [2.45, 2.75) is 83.0 Å². The van der Waals surface area contributed by atoms with Gasteiger partial charge in [0.1, 0.15) is 12.2 Å². The van der Waals surface area contributed by atoms with Gasteiger partial charge in [-0.05, 0) is 70.9 Å². The number of halogens is 1. The maximum absolute atomic E-state index is 17.1. The van der Waals surface area contributed by atoms with Gasteiger partial charge in [-0.2, -0.15) is 0 Å². The van der Waals surface area contributed by atoms with E-state index in [1.54, 1.807) is 13.0 Å². The molecule has 0 bridgehead atoms. The maximum atomic E-state index is 17.1. The summed E-state index contributed by atoms with van der Waals surface area (Å²) in [5, 5.41) is 31.5. The SMILES string of the molecule is CC(C)(O)O[C@]1(C(=O)CO)CCC2C3CCC4=CC(=O)C=CC4(C)[C@@]3(F)C(O)CC21C. The number of aliphatic hydroxyl groups is 3. The van der Waals surface area contributed by atoms with Crippen LogP contribution in [-0.2, 0) is 14.3 Å². The zero-order valence-corrected chi connectivity index (χ0v) is 18.7. The summed E-state index contributed by atoms with van der Waals surface area (Å²) in [6.07, 6.45) is 4.72. The van der Waals surface area contributed by atoms with E-state index < -0.39 is 52.3 Å². The Morgan fingerprint density at radius 2 is 1.97 bits per heavy atom. The molecule has 0 aliphatic heterocycles. The number of alkyl halides is 1. The highest BCUT2D eigenvalue weighted by atomic mass is 19.1. The quantitative estimate of drug-likeness (QED) is 0.585. The Hall–Kier alpha value is -1.41. The zero-order valence-electron chi connectivity index (χ0n) is 18.7. The molecule has 5 unspecified atom stereocenters. The highest BCUT2D eigenvalue weighted by molar-refractivity contribution is 6.01. The van der Waals surface area contributed by atoms with Crippen LogP contribution in [-0.4, -0.2) is 56.7 Å². The van der Waals surface area contributed by atoms with Crippen molar-refractivity contribution < 1.29 is 34.0 Å². The number of hydrogen-bond donors (Lipinski definition) is 3. The molecule has 6 nitrogen and oxygen atoms in total. The van der Waals surface area contributed by atoms with E-state index in [2.05, 4.69) is 0 Å². The molecule has 4 aliphatic rings. The number of fused-ring (bicyclic) bond motifs is 5. The van der Waals surface area contributed by atoms with E-state index in [0.29, 0.717) is 24.8 Å². The highest BCUT2D eigenvalue weighted by Crippen LogP contribution is 2.70. The topological polar surface area (TPSA) is 104 Å². The first-order valence-electron chi connectivity index (χ1n) is 11.1. The molecule has 7 atom stereocenters. The van der Waals surface area contributed by atoms with E-state index in [4.69, 9.17) is 4.74 Å². The predicted octanol–water partition coefficient (Wildman–Crippen LogP) is 2.40. The Labute approximate surface area is 182 Å². The molecule has 31 heavy (non-hydrogen) atoms. The Balaban J connectivity index is 1.82. The summed E-state index contributed by atoms with van der Waals surface area (Å²) in [6.45, 7) is 5.67. The smallest absolute Gasteiger partial charge is 0.190 e. The van der Waals surface area contributed by atoms with Gasteiger partial charge in [0.2, 0.25) is 0 Å². The number of carbonyl (C=O) groups is 2. The van der Waals surface area contributed by atoms with Crippen molar-refractivity contribution in [3.63, 3.8) is 0 Å². The number of ether oxygens (including phenoxy) is 1. The van der Waals surface area contributed by atoms with Crippen molar-refractivity contribution in [1.82, 2.24) is 0 Å². The number of hydrogen-bond acceptors (Lipinski definition) is 6. The summed E-state index contributed by atoms with van der Waals surface area (Å²) in [6, 6.07) is 0. The number of aliphatic hydroxyl groups excluding tert-OH is 2. The maximum Gasteiger partial charge on any atom is 0.190 e. The van der Waals surface area contributed by atoms with E-state index in [1.807, 2.05) is 6.92 Å². The first-order chi connectivity index (χ1) is 14.2. The largest absolute Gasteiger partial charge is 0.390 e. The van der Waals surface area contributed by atoms with Crippen LogP contribution < -0.4 is 0 Å². The monoisotopic (exact) mass is 436 g/mol. The van der Waals surface area contributed by atoms with E-state index in [-0.39, 0.29) is 24.5 Å². The summed E-state index contributed by atoms with van der Waals surface area (Å²) in [7, 11) is 0. The van der Waals surface area contributed by atoms with Gasteiger partial charge in [0, 0.05) is 16.7 Å². The van der Waals surface area contributed by atoms with Crippen LogP contribution in [0.1, 0.15) is 59.8 Å². The number of rotatable bonds is 4. The van der Waals surface area contributed by atoms with Gasteiger partial charge in [-0.1, -0.05) is 18.6 Å². The number of Topliss-reactive ketones (excluding diaryl/α,β-unsaturated/α-hetero) is 1. The minimum Gasteiger partial charge on any atom is -0.390 e. The van der Waals surface area contributed by atoms with E-state index in [0.717, 1.165) is 0 Å². The van der Waals surface area contributed by atoms with Crippen molar-refractivity contribution in [2.24, 2.45) is 22.7 Å². The third kappa shape index (κ3) is 2.82. The molecule has 3 saturated carbocycles. The van der Waals surface area contributed by atoms with Crippen LogP contribution in [0, 0.1) is 22.7 Å². The second-order valence-electron chi connectivity index (χ2n) is 10.8. The van der Waals surface area contributed by atoms with Crippen molar-refractivity contribution in [2.75, 3.05) is 6.61 Å². The molecule has 0 aromatic rings. The normalized spacial score (nSPS) is 46.8. The van der Waals surface area contributed by atoms with Gasteiger partial charge in [0.15, 0.2) is 23.0 Å². The molecule has 172 valence electrons. The zero-order chi connectivity index (χ0) is 23.0. The standard InChI is InChI=1S/C24H33FO6/c1-20(2,30)31-23(19(29)13-26)10-8-16-17-6-5-14-11-15(27)7-9-21(14,3)24(17,25)18(28)12-22(16,23)4/h7,9,11,16-18,26,28,30H,5-6,8,10,12-13H2,1-4H3/t16?,17?,18?,21?,22?,23-,24-/m0/s1. The lowest BCUT2D eigenvalue weighted by molar-refractivity contribution is -0.285. The predicted molar refractivity (Wildman–Crippen MR) is 111 cm³/mol. The van der Waals surface area contributed by atoms with E-state index >= 15 is 4.39 Å². The third-order valence-electron chi connectivity index (χ3n) is 8.78. The van der Waals surface area contributed by atoms with Crippen LogP contribution in [0.25, 0.3) is 0 Å². The van der Waals surface area contributed by atoms with E-state index in [9.17, 15) is 24.9 Å². The van der Waals surface area contributed by atoms with Gasteiger partial charge >= 0.3 is 0 Å². The molecule has 7 heteroatoms. The van der Waals surface area contributed by atoms with E-state index in [1.165, 1.54) is 26.0 Å². The van der Waals surface area contributed by atoms with Gasteiger partial charge in [0.05, 0.1) is 6.10 Å². The lowest BCUT2D eigenvalue weighted by Gasteiger charge is -2.63. The fraction of sp³-hybridized carbons (Fsp3) is 0.750. The molecule has 0 heterocycles. The molecule has 0 aromatic carbocycles. The molecule has 3 fully saturated rings. The highest BCUT2D eigenvalue weighted by Gasteiger charge is 2.75. The van der Waals surface area contributed by atoms with Gasteiger partial charge in [-0.15, -0.1) is 0 Å². The van der Waals surface area contributed by atoms with Crippen molar-refractivity contribution >= 4 is 11.6 Å². The molecule has 0 amide bonds. The molecular formula is C24H33FO6. The van der Waals surface area contributed by atoms with Crippen molar-refractivity contribution in [3.8, 4) is 0 Å². The number of carbonyl (C=O) groups excluding carboxylic acids is 2. The summed E-state index contributed by atoms with van der Waals surface area (Å²) in [4.78, 5) is 24.9. The minimum atomic E-state index is -1.99. The molecular weight excluding hydrogens is 403 g/mol. The average molecular weight is 437 g/mol. The lowest BCUT2D eigenvalue weighted by Crippen LogP contribution is -2.70. The summed E-state index contributed by atoms with van der Waals surface area (Å²) in [5.74, 6) is -3.21. The Morgan fingerprint density at radius 1 is 1.29 bits per heavy atom. The fourth-order valence-electron chi connectivity index (χ4n) is 7.44. The van der Waals surface area contributed by atoms with Crippen LogP contribution >= 0.6 is 0 Å². The lowest BCUT2D eigenvalue weighted by atomic mass is 9.44. The first-order valence-corrected chi connectivity index (χ1v) is 11.1. The van der Waals surface area contributed by atoms with Crippen LogP contribution in [0.5, 0.6) is 0 Å². The number of ketones is 2. The molecule has 0 spiro atoms. The van der Waals surface area contributed by atoms with Crippen LogP contribution in [0.2, 0.25) is 0 Å². The third-order valence-corrected chi connectivity index (χ3v) is 8.78. The summed E-state index contributed by atoms with van der Waals surface area (Å²) >= 11 is 0. The Morgan fingerprint density at radius 3 is 2.58 bits per heavy atom. The molecule has 0 aromatic heterocycles. The molecule has 3 N–H and O–H groups in total. The molecule has 0 saturated heterocycles. The second-order valence-corrected chi connectivity index (χ2v) is 10.8. The number of allylic oxidation sites excluding steroid dienone is 4. The van der Waals surface area contributed by atoms with Gasteiger partial charge in [-0.25, -0.2) is 4.39 Å². The fourth-order valence-corrected chi connectivity index (χ4v) is 7.44.